The van der Waals surface area contributed by atoms with Gasteiger partial charge >= 0.3 is 0 Å². The number of aliphatic hydroxyl groups excluding tert-OH is 1. The smallest absolute Gasteiger partial charge is 0.0319 e. The van der Waals surface area contributed by atoms with Crippen LogP contribution in [0.1, 0.15) is 5.56 Å². The van der Waals surface area contributed by atoms with Gasteiger partial charge in [0.15, 0.2) is 0 Å². The van der Waals surface area contributed by atoms with Gasteiger partial charge in [0.1, 0.15) is 0 Å². The fourth-order valence-corrected chi connectivity index (χ4v) is 0.470. The van der Waals surface area contributed by atoms with E-state index >= 15 is 0 Å². The van der Waals surface area contributed by atoms with Gasteiger partial charge in [-0.3, -0.25) is 0 Å². The molecule has 1 rings (SSSR count). The van der Waals surface area contributed by atoms with E-state index in [9.17, 15) is 0 Å². The Labute approximate surface area is 56.0 Å². The summed E-state index contributed by atoms with van der Waals surface area (Å²) in [5.41, 5.74) is 1.29. The fraction of sp³-hybridized carbons (Fsp3) is 0.250. The van der Waals surface area contributed by atoms with Crippen LogP contribution in [0.4, 0.5) is 0 Å². The molecule has 0 aliphatic carbocycles. The van der Waals surface area contributed by atoms with Crippen LogP contribution >= 0.6 is 0 Å². The molecule has 0 fully saturated rings. The van der Waals surface area contributed by atoms with Crippen molar-refractivity contribution < 1.29 is 5.11 Å². The van der Waals surface area contributed by atoms with Crippen LogP contribution in [0.2, 0.25) is 0 Å². The van der Waals surface area contributed by atoms with E-state index in [0.29, 0.717) is 0 Å². The molecule has 0 saturated carbocycles. The summed E-state index contributed by atoms with van der Waals surface area (Å²) in [6, 6.07) is 10.8. The normalized spacial score (nSPS) is 6.70. The first-order valence-corrected chi connectivity index (χ1v) is 2.77. The quantitative estimate of drug-likeness (QED) is 0.665. The van der Waals surface area contributed by atoms with Crippen LogP contribution in [0.5, 0.6) is 0 Å². The van der Waals surface area contributed by atoms with Gasteiger partial charge in [0, 0.05) is 7.11 Å². The Morgan fingerprint density at radius 3 is 1.80 bits per heavy atom. The van der Waals surface area contributed by atoms with Gasteiger partial charge in [0.25, 0.3) is 0 Å². The molecular weight excluding hydrogens is 379 g/mol. The molecule has 1 aromatic carbocycles. The van der Waals surface area contributed by atoms with Crippen molar-refractivity contribution in [2.75, 3.05) is 7.11 Å². The Hall–Kier alpha value is -1.82. The second-order valence-electron chi connectivity index (χ2n) is 1.58. The Bertz CT molecular complexity index is 139. The zero-order valence-corrected chi connectivity index (χ0v) is 12.9. The third-order valence-corrected chi connectivity index (χ3v) is 0.885. The summed E-state index contributed by atoms with van der Waals surface area (Å²) in [5.74, 6) is 0. The fourth-order valence-electron chi connectivity index (χ4n) is 0.470. The van der Waals surface area contributed by atoms with Gasteiger partial charge in [-0.05, 0) is 0 Å². The Morgan fingerprint density at radius 1 is 1.20 bits per heavy atom. The molecule has 52 valence electrons. The standard InChI is InChI=1S/C7H7.CH4O.Rf/c1-7-5-3-2-4-6-7;1-2;/h3-6H,1H3;2H,1H3;/q-1;;. The molecule has 0 heterocycles. The number of hydrogen-bond acceptors (Lipinski definition) is 1. The molecule has 0 aromatic heterocycles. The van der Waals surface area contributed by atoms with E-state index in [0.717, 1.165) is 7.11 Å². The maximum absolute atomic E-state index is 7.00. The molecule has 0 bridgehead atoms. The number of hydrogen-bond donors (Lipinski definition) is 1. The summed E-state index contributed by atoms with van der Waals surface area (Å²) in [6.45, 7) is 2.06. The molecule has 0 aliphatic heterocycles. The van der Waals surface area contributed by atoms with Crippen molar-refractivity contribution in [2.45, 2.75) is 6.92 Å². The molecule has 1 nitrogen and oxygen atoms in total. The maximum atomic E-state index is 7.00. The predicted molar refractivity (Wildman–Crippen MR) is 38.2 cm³/mol. The Morgan fingerprint density at radius 2 is 1.60 bits per heavy atom. The van der Waals surface area contributed by atoms with Gasteiger partial charge in [0.2, 0.25) is 0 Å². The van der Waals surface area contributed by atoms with E-state index in [-0.39, 0.29) is 0 Å². The molecule has 0 saturated heterocycles. The Balaban J connectivity index is 0. The summed E-state index contributed by atoms with van der Waals surface area (Å²) in [4.78, 5) is 0. The van der Waals surface area contributed by atoms with E-state index in [1.807, 2.05) is 24.3 Å². The predicted octanol–water partition coefficient (Wildman–Crippen LogP) is 1.40. The van der Waals surface area contributed by atoms with Crippen molar-refractivity contribution in [1.82, 2.24) is 0 Å². The minimum Gasteiger partial charge on any atom is -0.400 e. The SMILES string of the molecule is CO.Cc1cc[c-]cc1.[Rf]. The summed E-state index contributed by atoms with van der Waals surface area (Å²) < 4.78 is 0. The molecule has 0 spiro atoms. The number of benzene rings is 1. The largest absolute Gasteiger partial charge is 0.400 e. The van der Waals surface area contributed by atoms with E-state index in [2.05, 4.69) is 13.0 Å². The van der Waals surface area contributed by atoms with Crippen molar-refractivity contribution in [3.63, 3.8) is 0 Å². The van der Waals surface area contributed by atoms with Crippen LogP contribution in [0.15, 0.2) is 24.3 Å². The summed E-state index contributed by atoms with van der Waals surface area (Å²) >= 11 is 0. The topological polar surface area (TPSA) is 20.2 Å². The van der Waals surface area contributed by atoms with Crippen molar-refractivity contribution in [1.29, 1.82) is 0 Å². The van der Waals surface area contributed by atoms with Crippen molar-refractivity contribution in [3.8, 4) is 0 Å². The molecule has 1 N–H and O–H groups in total. The zero-order chi connectivity index (χ0) is 7.11. The van der Waals surface area contributed by atoms with Crippen molar-refractivity contribution >= 4 is 0 Å². The van der Waals surface area contributed by atoms with Gasteiger partial charge in [-0.15, -0.1) is 0 Å². The molecule has 10 heavy (non-hydrogen) atoms. The molecule has 0 aliphatic rings. The van der Waals surface area contributed by atoms with Crippen molar-refractivity contribution in [2.24, 2.45) is 0 Å². The molecule has 0 unspecified atom stereocenters. The molecule has 1 aromatic rings. The van der Waals surface area contributed by atoms with Crippen LogP contribution < -0.4 is 0 Å². The first-order valence-electron chi connectivity index (χ1n) is 2.77. The zero-order valence-electron chi connectivity index (χ0n) is 6.46. The molecular formula is C8H11ORf-. The second-order valence-corrected chi connectivity index (χ2v) is 1.58. The third-order valence-electron chi connectivity index (χ3n) is 0.885. The first-order chi connectivity index (χ1) is 4.39. The van der Waals surface area contributed by atoms with Gasteiger partial charge in [0.05, 0.1) is 0 Å². The van der Waals surface area contributed by atoms with E-state index < -0.39 is 0 Å². The molecule has 0 radical (unpaired) electrons. The minimum atomic E-state index is 0. The van der Waals surface area contributed by atoms with E-state index in [1.165, 1.54) is 5.56 Å². The first kappa shape index (κ1) is 11.0. The maximum Gasteiger partial charge on any atom is 0.0319 e. The second kappa shape index (κ2) is 7.18. The van der Waals surface area contributed by atoms with Gasteiger partial charge in [-0.1, -0.05) is 6.92 Å². The monoisotopic (exact) mass is 390 g/mol. The summed E-state index contributed by atoms with van der Waals surface area (Å²) in [5, 5.41) is 7.00. The third kappa shape index (κ3) is 4.34. The number of aliphatic hydroxyl groups is 1. The summed E-state index contributed by atoms with van der Waals surface area (Å²) in [7, 11) is 1.00. The molecule has 0 amide bonds. The average molecular weight is 390 g/mol. The Kier molecular flexibility index (Phi) is 7.93. The number of aryl methyl sites for hydroxylation is 1. The van der Waals surface area contributed by atoms with Gasteiger partial charge in [-0.25, -0.2) is 0 Å². The number of rotatable bonds is 0. The summed E-state index contributed by atoms with van der Waals surface area (Å²) in [6.07, 6.45) is 0. The minimum absolute atomic E-state index is 0. The molecule has 2 heteroatoms. The van der Waals surface area contributed by atoms with Crippen molar-refractivity contribution in [3.05, 3.63) is 35.9 Å². The average Bonchev–Trinajstić information content (AvgIpc) is 1.94. The van der Waals surface area contributed by atoms with Gasteiger partial charge < -0.3 is 5.11 Å². The van der Waals surface area contributed by atoms with Crippen LogP contribution in [0, 0.1) is 13.0 Å². The van der Waals surface area contributed by atoms with E-state index in [1.54, 1.807) is 0 Å². The van der Waals surface area contributed by atoms with Crippen LogP contribution in [0.3, 0.4) is 0 Å². The molecule has 0 atom stereocenters. The van der Waals surface area contributed by atoms with Gasteiger partial charge in [-0.2, -0.15) is 35.9 Å². The van der Waals surface area contributed by atoms with Crippen LogP contribution in [-0.4, -0.2) is 12.2 Å². The van der Waals surface area contributed by atoms with E-state index in [4.69, 9.17) is 5.11 Å². The van der Waals surface area contributed by atoms with Crippen LogP contribution in [0.25, 0.3) is 0 Å². The van der Waals surface area contributed by atoms with Crippen LogP contribution in [-0.2, 0) is 0 Å².